The number of aromatic amines is 1. The molecule has 2 aromatic rings. The molecule has 1 heterocycles. The molecule has 4 N–H and O–H groups in total. The van der Waals surface area contributed by atoms with Crippen LogP contribution in [0.1, 0.15) is 12.8 Å². The Balaban J connectivity index is 1.97. The summed E-state index contributed by atoms with van der Waals surface area (Å²) in [4.78, 5) is 17.9. The highest BCUT2D eigenvalue weighted by molar-refractivity contribution is 7.99. The van der Waals surface area contributed by atoms with E-state index in [4.69, 9.17) is 10.8 Å². The number of hydrogen-bond acceptors (Lipinski definition) is 4. The topological polar surface area (TPSA) is 92.0 Å². The molecule has 90 valence electrons. The molecular weight excluding hydrogens is 238 g/mol. The van der Waals surface area contributed by atoms with Gasteiger partial charge in [-0.2, -0.15) is 0 Å². The van der Waals surface area contributed by atoms with E-state index in [1.165, 1.54) is 11.8 Å². The lowest BCUT2D eigenvalue weighted by molar-refractivity contribution is -0.137. The maximum Gasteiger partial charge on any atom is 0.303 e. The van der Waals surface area contributed by atoms with Crippen molar-refractivity contribution >= 4 is 34.5 Å². The number of aliphatic carboxylic acids is 1. The Labute approximate surface area is 102 Å². The van der Waals surface area contributed by atoms with Crippen molar-refractivity contribution in [1.29, 1.82) is 0 Å². The molecule has 0 radical (unpaired) electrons. The summed E-state index contributed by atoms with van der Waals surface area (Å²) < 4.78 is 0. The number of H-pyrrole nitrogens is 1. The van der Waals surface area contributed by atoms with Crippen LogP contribution in [0.2, 0.25) is 0 Å². The molecule has 0 saturated carbocycles. The van der Waals surface area contributed by atoms with Crippen molar-refractivity contribution in [3.8, 4) is 0 Å². The third-order valence-electron chi connectivity index (χ3n) is 2.26. The first-order chi connectivity index (χ1) is 8.15. The van der Waals surface area contributed by atoms with Gasteiger partial charge in [-0.1, -0.05) is 11.8 Å². The number of carboxylic acid groups (broad SMARTS) is 1. The highest BCUT2D eigenvalue weighted by Gasteiger charge is 2.04. The van der Waals surface area contributed by atoms with Crippen LogP contribution in [-0.2, 0) is 4.79 Å². The standard InChI is InChI=1S/C11H13N3O2S/c12-7-3-4-8-9(6-7)14-11(13-8)17-5-1-2-10(15)16/h3-4,6H,1-2,5,12H2,(H,13,14)(H,15,16). The quantitative estimate of drug-likeness (QED) is 0.430. The average molecular weight is 251 g/mol. The Morgan fingerprint density at radius 1 is 1.53 bits per heavy atom. The lowest BCUT2D eigenvalue weighted by Gasteiger charge is -1.94. The average Bonchev–Trinajstić information content (AvgIpc) is 2.66. The molecule has 0 atom stereocenters. The van der Waals surface area contributed by atoms with Crippen molar-refractivity contribution in [1.82, 2.24) is 9.97 Å². The van der Waals surface area contributed by atoms with E-state index in [9.17, 15) is 4.79 Å². The number of hydrogen-bond donors (Lipinski definition) is 3. The number of carbonyl (C=O) groups is 1. The zero-order valence-electron chi connectivity index (χ0n) is 9.14. The summed E-state index contributed by atoms with van der Waals surface area (Å²) in [5.41, 5.74) is 8.15. The Bertz CT molecular complexity index is 538. The van der Waals surface area contributed by atoms with Crippen LogP contribution >= 0.6 is 11.8 Å². The maximum atomic E-state index is 10.3. The number of rotatable bonds is 5. The molecule has 0 fully saturated rings. The summed E-state index contributed by atoms with van der Waals surface area (Å²) in [6.07, 6.45) is 0.833. The Morgan fingerprint density at radius 3 is 3.12 bits per heavy atom. The first kappa shape index (κ1) is 11.8. The second kappa shape index (κ2) is 5.09. The van der Waals surface area contributed by atoms with Gasteiger partial charge >= 0.3 is 5.97 Å². The molecule has 0 unspecified atom stereocenters. The SMILES string of the molecule is Nc1ccc2nc(SCCCC(=O)O)[nH]c2c1. The number of benzene rings is 1. The van der Waals surface area contributed by atoms with Gasteiger partial charge in [-0.15, -0.1) is 0 Å². The number of thioether (sulfide) groups is 1. The van der Waals surface area contributed by atoms with Crippen LogP contribution in [0.3, 0.4) is 0 Å². The second-order valence-electron chi connectivity index (χ2n) is 3.66. The van der Waals surface area contributed by atoms with Crippen molar-refractivity contribution in [2.24, 2.45) is 0 Å². The third-order valence-corrected chi connectivity index (χ3v) is 3.22. The molecule has 6 heteroatoms. The Kier molecular flexibility index (Phi) is 3.53. The molecule has 0 spiro atoms. The summed E-state index contributed by atoms with van der Waals surface area (Å²) >= 11 is 1.52. The van der Waals surface area contributed by atoms with Gasteiger partial charge in [0.15, 0.2) is 5.16 Å². The van der Waals surface area contributed by atoms with E-state index in [-0.39, 0.29) is 6.42 Å². The molecule has 0 aliphatic heterocycles. The molecular formula is C11H13N3O2S. The smallest absolute Gasteiger partial charge is 0.303 e. The van der Waals surface area contributed by atoms with Gasteiger partial charge in [-0.3, -0.25) is 4.79 Å². The van der Waals surface area contributed by atoms with E-state index in [1.807, 2.05) is 18.2 Å². The van der Waals surface area contributed by atoms with Crippen molar-refractivity contribution < 1.29 is 9.90 Å². The molecule has 1 aromatic carbocycles. The summed E-state index contributed by atoms with van der Waals surface area (Å²) in [5.74, 6) is -0.0234. The molecule has 0 saturated heterocycles. The van der Waals surface area contributed by atoms with Gasteiger partial charge in [0, 0.05) is 17.9 Å². The molecule has 0 aliphatic carbocycles. The van der Waals surface area contributed by atoms with Gasteiger partial charge in [0.05, 0.1) is 11.0 Å². The van der Waals surface area contributed by atoms with Crippen LogP contribution in [-0.4, -0.2) is 26.8 Å². The van der Waals surface area contributed by atoms with Gasteiger partial charge in [-0.05, 0) is 24.6 Å². The number of nitrogens with one attached hydrogen (secondary N) is 1. The second-order valence-corrected chi connectivity index (χ2v) is 4.75. The molecule has 17 heavy (non-hydrogen) atoms. The number of nitrogens with zero attached hydrogens (tertiary/aromatic N) is 1. The van der Waals surface area contributed by atoms with E-state index in [1.54, 1.807) is 0 Å². The van der Waals surface area contributed by atoms with Crippen LogP contribution < -0.4 is 5.73 Å². The lowest BCUT2D eigenvalue weighted by atomic mass is 10.3. The maximum absolute atomic E-state index is 10.3. The van der Waals surface area contributed by atoms with Gasteiger partial charge in [0.1, 0.15) is 0 Å². The van der Waals surface area contributed by atoms with Gasteiger partial charge in [0.25, 0.3) is 0 Å². The van der Waals surface area contributed by atoms with E-state index < -0.39 is 5.97 Å². The number of imidazole rings is 1. The van der Waals surface area contributed by atoms with Gasteiger partial charge in [0.2, 0.25) is 0 Å². The van der Waals surface area contributed by atoms with Crippen LogP contribution in [0.4, 0.5) is 5.69 Å². The van der Waals surface area contributed by atoms with Crippen LogP contribution in [0.25, 0.3) is 11.0 Å². The number of nitrogens with two attached hydrogens (primary N) is 1. The largest absolute Gasteiger partial charge is 0.481 e. The predicted molar refractivity (Wildman–Crippen MR) is 68.1 cm³/mol. The molecule has 0 bridgehead atoms. The predicted octanol–water partition coefficient (Wildman–Crippen LogP) is 2.10. The zero-order valence-corrected chi connectivity index (χ0v) is 9.96. The Morgan fingerprint density at radius 2 is 2.35 bits per heavy atom. The molecule has 1 aromatic heterocycles. The van der Waals surface area contributed by atoms with Crippen LogP contribution in [0, 0.1) is 0 Å². The third kappa shape index (κ3) is 3.13. The van der Waals surface area contributed by atoms with E-state index >= 15 is 0 Å². The van der Waals surface area contributed by atoms with E-state index in [2.05, 4.69) is 9.97 Å². The summed E-state index contributed by atoms with van der Waals surface area (Å²) in [6.45, 7) is 0. The first-order valence-corrected chi connectivity index (χ1v) is 6.23. The highest BCUT2D eigenvalue weighted by atomic mass is 32.2. The van der Waals surface area contributed by atoms with E-state index in [0.717, 1.165) is 21.9 Å². The first-order valence-electron chi connectivity index (χ1n) is 5.25. The molecule has 5 nitrogen and oxygen atoms in total. The summed E-state index contributed by atoms with van der Waals surface area (Å²) in [7, 11) is 0. The fraction of sp³-hybridized carbons (Fsp3) is 0.273. The van der Waals surface area contributed by atoms with Crippen molar-refractivity contribution in [2.45, 2.75) is 18.0 Å². The summed E-state index contributed by atoms with van der Waals surface area (Å²) in [6, 6.07) is 5.51. The van der Waals surface area contributed by atoms with Gasteiger partial charge in [-0.25, -0.2) is 4.98 Å². The highest BCUT2D eigenvalue weighted by Crippen LogP contribution is 2.21. The minimum absolute atomic E-state index is 0.195. The molecule has 2 rings (SSSR count). The van der Waals surface area contributed by atoms with E-state index in [0.29, 0.717) is 12.1 Å². The normalized spacial score (nSPS) is 10.8. The molecule has 0 amide bonds. The lowest BCUT2D eigenvalue weighted by Crippen LogP contribution is -1.94. The number of carboxylic acids is 1. The van der Waals surface area contributed by atoms with Crippen LogP contribution in [0.5, 0.6) is 0 Å². The Hall–Kier alpha value is -1.69. The number of fused-ring (bicyclic) bond motifs is 1. The monoisotopic (exact) mass is 251 g/mol. The minimum atomic E-state index is -0.761. The fourth-order valence-electron chi connectivity index (χ4n) is 1.46. The van der Waals surface area contributed by atoms with Crippen LogP contribution in [0.15, 0.2) is 23.4 Å². The summed E-state index contributed by atoms with van der Waals surface area (Å²) in [5, 5.41) is 9.31. The molecule has 0 aliphatic rings. The number of nitrogen functional groups attached to an aromatic ring is 1. The number of anilines is 1. The van der Waals surface area contributed by atoms with Crippen molar-refractivity contribution in [3.05, 3.63) is 18.2 Å². The minimum Gasteiger partial charge on any atom is -0.481 e. The fourth-order valence-corrected chi connectivity index (χ4v) is 2.29. The van der Waals surface area contributed by atoms with Gasteiger partial charge < -0.3 is 15.8 Å². The zero-order chi connectivity index (χ0) is 12.3. The van der Waals surface area contributed by atoms with Crippen molar-refractivity contribution in [3.63, 3.8) is 0 Å². The van der Waals surface area contributed by atoms with Crippen molar-refractivity contribution in [2.75, 3.05) is 11.5 Å². The number of aromatic nitrogens is 2.